The van der Waals surface area contributed by atoms with Gasteiger partial charge in [-0.2, -0.15) is 15.0 Å². The maximum Gasteiger partial charge on any atom is 0.232 e. The lowest BCUT2D eigenvalue weighted by atomic mass is 10.3. The number of rotatable bonds is 7. The number of β-amino-alcohol motifs (C(OH)–C–C–N with tert-alkyl or cyclic N) is 1. The van der Waals surface area contributed by atoms with Gasteiger partial charge in [0.05, 0.1) is 6.61 Å². The third-order valence-electron chi connectivity index (χ3n) is 5.50. The fourth-order valence-corrected chi connectivity index (χ4v) is 3.79. The molecule has 3 heterocycles. The van der Waals surface area contributed by atoms with Crippen LogP contribution in [0.4, 0.5) is 17.6 Å². The summed E-state index contributed by atoms with van der Waals surface area (Å²) in [6.45, 7) is 6.35. The average molecular weight is 450 g/mol. The first kappa shape index (κ1) is 21.2. The highest BCUT2D eigenvalue weighted by Gasteiger charge is 2.20. The summed E-state index contributed by atoms with van der Waals surface area (Å²) in [4.78, 5) is 17.9. The zero-order valence-corrected chi connectivity index (χ0v) is 18.4. The molecule has 10 heteroatoms. The number of piperazine rings is 1. The van der Waals surface area contributed by atoms with Gasteiger partial charge >= 0.3 is 0 Å². The largest absolute Gasteiger partial charge is 0.457 e. The zero-order chi connectivity index (χ0) is 22.6. The summed E-state index contributed by atoms with van der Waals surface area (Å²) in [5.74, 6) is 4.60. The van der Waals surface area contributed by atoms with Crippen LogP contribution in [0.1, 0.15) is 5.82 Å². The molecule has 2 aliphatic heterocycles. The molecule has 172 valence electrons. The Labute approximate surface area is 191 Å². The van der Waals surface area contributed by atoms with Gasteiger partial charge in [0.15, 0.2) is 11.5 Å². The van der Waals surface area contributed by atoms with Gasteiger partial charge in [-0.3, -0.25) is 4.90 Å². The first-order valence-electron chi connectivity index (χ1n) is 10.9. The summed E-state index contributed by atoms with van der Waals surface area (Å²) >= 11 is 0. The van der Waals surface area contributed by atoms with Crippen molar-refractivity contribution in [3.05, 3.63) is 48.3 Å². The molecule has 5 rings (SSSR count). The molecule has 3 aromatic rings. The molecule has 1 fully saturated rings. The Morgan fingerprint density at radius 1 is 0.939 bits per heavy atom. The molecule has 0 spiro atoms. The van der Waals surface area contributed by atoms with E-state index in [-0.39, 0.29) is 13.4 Å². The van der Waals surface area contributed by atoms with Crippen LogP contribution in [0, 0.1) is 6.92 Å². The number of anilines is 3. The second-order valence-corrected chi connectivity index (χ2v) is 7.83. The number of nitrogens with zero attached hydrogens (tertiary/aromatic N) is 5. The van der Waals surface area contributed by atoms with Crippen molar-refractivity contribution in [1.29, 1.82) is 0 Å². The second kappa shape index (κ2) is 9.47. The van der Waals surface area contributed by atoms with Gasteiger partial charge in [-0.15, -0.1) is 0 Å². The lowest BCUT2D eigenvalue weighted by molar-refractivity contribution is 0.174. The summed E-state index contributed by atoms with van der Waals surface area (Å²) in [5, 5.41) is 12.4. The smallest absolute Gasteiger partial charge is 0.232 e. The number of aromatic nitrogens is 3. The second-order valence-electron chi connectivity index (χ2n) is 7.83. The van der Waals surface area contributed by atoms with Gasteiger partial charge in [-0.1, -0.05) is 0 Å². The summed E-state index contributed by atoms with van der Waals surface area (Å²) in [6, 6.07) is 13.1. The molecule has 1 saturated heterocycles. The molecule has 0 atom stereocenters. The molecule has 2 N–H and O–H groups in total. The quantitative estimate of drug-likeness (QED) is 0.558. The fraction of sp³-hybridized carbons (Fsp3) is 0.348. The summed E-state index contributed by atoms with van der Waals surface area (Å²) < 4.78 is 16.6. The van der Waals surface area contributed by atoms with E-state index < -0.39 is 0 Å². The van der Waals surface area contributed by atoms with Gasteiger partial charge < -0.3 is 29.5 Å². The number of aryl methyl sites for hydroxylation is 1. The van der Waals surface area contributed by atoms with E-state index in [9.17, 15) is 0 Å². The number of hydrogen-bond acceptors (Lipinski definition) is 10. The van der Waals surface area contributed by atoms with Gasteiger partial charge in [-0.25, -0.2) is 0 Å². The van der Waals surface area contributed by atoms with Gasteiger partial charge in [0, 0.05) is 44.5 Å². The van der Waals surface area contributed by atoms with Gasteiger partial charge in [-0.05, 0) is 43.3 Å². The predicted octanol–water partition coefficient (Wildman–Crippen LogP) is 2.56. The van der Waals surface area contributed by atoms with Crippen LogP contribution in [0.5, 0.6) is 23.0 Å². The third-order valence-corrected chi connectivity index (χ3v) is 5.50. The Bertz CT molecular complexity index is 1100. The number of hydrogen-bond donors (Lipinski definition) is 2. The highest BCUT2D eigenvalue weighted by Crippen LogP contribution is 2.36. The predicted molar refractivity (Wildman–Crippen MR) is 123 cm³/mol. The van der Waals surface area contributed by atoms with Crippen molar-refractivity contribution in [3.8, 4) is 23.0 Å². The van der Waals surface area contributed by atoms with E-state index in [2.05, 4.69) is 30.1 Å². The molecule has 0 amide bonds. The Hall–Kier alpha value is -3.63. The van der Waals surface area contributed by atoms with Crippen molar-refractivity contribution in [3.63, 3.8) is 0 Å². The van der Waals surface area contributed by atoms with E-state index in [1.54, 1.807) is 0 Å². The fourth-order valence-electron chi connectivity index (χ4n) is 3.79. The maximum atomic E-state index is 9.12. The Morgan fingerprint density at radius 2 is 1.70 bits per heavy atom. The number of aliphatic hydroxyl groups is 1. The van der Waals surface area contributed by atoms with Crippen molar-refractivity contribution < 1.29 is 19.3 Å². The molecule has 0 saturated carbocycles. The summed E-state index contributed by atoms with van der Waals surface area (Å²) in [6.07, 6.45) is 0. The van der Waals surface area contributed by atoms with Crippen LogP contribution >= 0.6 is 0 Å². The van der Waals surface area contributed by atoms with Crippen LogP contribution in [-0.4, -0.2) is 71.1 Å². The molecule has 10 nitrogen and oxygen atoms in total. The molecule has 0 radical (unpaired) electrons. The first-order chi connectivity index (χ1) is 16.2. The molecule has 2 aliphatic rings. The number of nitrogens with one attached hydrogen (secondary N) is 1. The topological polar surface area (TPSA) is 105 Å². The molecule has 2 aromatic carbocycles. The Kier molecular flexibility index (Phi) is 6.09. The first-order valence-corrected chi connectivity index (χ1v) is 10.9. The van der Waals surface area contributed by atoms with Crippen molar-refractivity contribution in [1.82, 2.24) is 19.9 Å². The molecule has 0 aliphatic carbocycles. The van der Waals surface area contributed by atoms with E-state index in [0.717, 1.165) is 37.6 Å². The molecule has 1 aromatic heterocycles. The molecular formula is C23H26N6O4. The average Bonchev–Trinajstić information content (AvgIpc) is 3.29. The number of ether oxygens (including phenoxy) is 3. The van der Waals surface area contributed by atoms with Crippen molar-refractivity contribution in [2.24, 2.45) is 0 Å². The van der Waals surface area contributed by atoms with E-state index in [4.69, 9.17) is 19.3 Å². The van der Waals surface area contributed by atoms with Crippen LogP contribution in [-0.2, 0) is 0 Å². The minimum atomic E-state index is 0.180. The van der Waals surface area contributed by atoms with Crippen molar-refractivity contribution in [2.45, 2.75) is 6.92 Å². The van der Waals surface area contributed by atoms with Crippen LogP contribution in [0.3, 0.4) is 0 Å². The summed E-state index contributed by atoms with van der Waals surface area (Å²) in [7, 11) is 0. The minimum absolute atomic E-state index is 0.180. The van der Waals surface area contributed by atoms with Crippen LogP contribution < -0.4 is 24.4 Å². The van der Waals surface area contributed by atoms with E-state index in [0.29, 0.717) is 41.5 Å². The van der Waals surface area contributed by atoms with E-state index in [1.807, 2.05) is 49.4 Å². The van der Waals surface area contributed by atoms with Gasteiger partial charge in [0.1, 0.15) is 17.3 Å². The normalized spacial score (nSPS) is 15.5. The number of benzene rings is 2. The number of fused-ring (bicyclic) bond motifs is 1. The van der Waals surface area contributed by atoms with E-state index in [1.165, 1.54) is 0 Å². The number of aliphatic hydroxyl groups excluding tert-OH is 1. The SMILES string of the molecule is Cc1nc(Nc2ccc(Oc3ccc4c(c3)OCO4)cc2)nc(N2CCN(CCO)CC2)n1. The Morgan fingerprint density at radius 3 is 2.48 bits per heavy atom. The molecule has 0 bridgehead atoms. The van der Waals surface area contributed by atoms with Crippen LogP contribution in [0.2, 0.25) is 0 Å². The highest BCUT2D eigenvalue weighted by atomic mass is 16.7. The summed E-state index contributed by atoms with van der Waals surface area (Å²) in [5.41, 5.74) is 0.845. The lowest BCUT2D eigenvalue weighted by Gasteiger charge is -2.34. The monoisotopic (exact) mass is 450 g/mol. The van der Waals surface area contributed by atoms with Crippen molar-refractivity contribution in [2.75, 3.05) is 56.3 Å². The van der Waals surface area contributed by atoms with Gasteiger partial charge in [0.2, 0.25) is 18.7 Å². The van der Waals surface area contributed by atoms with Crippen LogP contribution in [0.25, 0.3) is 0 Å². The standard InChI is InChI=1S/C23H26N6O4/c1-16-24-22(27-23(25-16)29-10-8-28(9-11-29)12-13-30)26-17-2-4-18(5-3-17)33-19-6-7-20-21(14-19)32-15-31-20/h2-7,14,30H,8-13,15H2,1H3,(H,24,25,26,27). The maximum absolute atomic E-state index is 9.12. The van der Waals surface area contributed by atoms with E-state index >= 15 is 0 Å². The highest BCUT2D eigenvalue weighted by molar-refractivity contribution is 5.56. The Balaban J connectivity index is 1.23. The molecular weight excluding hydrogens is 424 g/mol. The van der Waals surface area contributed by atoms with Crippen molar-refractivity contribution >= 4 is 17.6 Å². The molecule has 33 heavy (non-hydrogen) atoms. The zero-order valence-electron chi connectivity index (χ0n) is 18.4. The van der Waals surface area contributed by atoms with Crippen LogP contribution in [0.15, 0.2) is 42.5 Å². The van der Waals surface area contributed by atoms with Gasteiger partial charge in [0.25, 0.3) is 0 Å². The third kappa shape index (κ3) is 5.07. The minimum Gasteiger partial charge on any atom is -0.457 e. The molecule has 0 unspecified atom stereocenters. The lowest BCUT2D eigenvalue weighted by Crippen LogP contribution is -2.47.